The van der Waals surface area contributed by atoms with E-state index in [2.05, 4.69) is 20.7 Å². The number of hydrogen-bond acceptors (Lipinski definition) is 4. The highest BCUT2D eigenvalue weighted by Crippen LogP contribution is 2.31. The maximum Gasteiger partial charge on any atom is 0.383 e. The van der Waals surface area contributed by atoms with Crippen LogP contribution >= 0.6 is 15.9 Å². The average molecular weight is 311 g/mol. The van der Waals surface area contributed by atoms with Crippen LogP contribution in [0.2, 0.25) is 0 Å². The van der Waals surface area contributed by atoms with Crippen LogP contribution in [0.4, 0.5) is 0 Å². The van der Waals surface area contributed by atoms with Gasteiger partial charge in [0.05, 0.1) is 6.61 Å². The van der Waals surface area contributed by atoms with E-state index in [1.165, 1.54) is 0 Å². The Morgan fingerprint density at radius 1 is 1.39 bits per heavy atom. The van der Waals surface area contributed by atoms with Gasteiger partial charge in [0, 0.05) is 15.4 Å². The highest BCUT2D eigenvalue weighted by Gasteiger charge is 2.25. The first-order valence-electron chi connectivity index (χ1n) is 5.45. The maximum absolute atomic E-state index is 11.9. The van der Waals surface area contributed by atoms with Crippen molar-refractivity contribution in [3.05, 3.63) is 34.0 Å². The zero-order valence-electron chi connectivity index (χ0n) is 9.95. The summed E-state index contributed by atoms with van der Waals surface area (Å²) in [5.41, 5.74) is 1.20. The minimum Gasteiger partial charge on any atom is -0.460 e. The molecule has 0 fully saturated rings. The molecule has 94 valence electrons. The quantitative estimate of drug-likeness (QED) is 0.496. The third-order valence-corrected chi connectivity index (χ3v) is 3.23. The minimum atomic E-state index is -0.893. The Kier molecular flexibility index (Phi) is 3.52. The number of fused-ring (bicyclic) bond motifs is 1. The van der Waals surface area contributed by atoms with E-state index in [1.807, 2.05) is 6.07 Å². The molecule has 0 N–H and O–H groups in total. The van der Waals surface area contributed by atoms with Crippen molar-refractivity contribution < 1.29 is 18.7 Å². The number of furan rings is 1. The molecule has 0 aliphatic heterocycles. The number of halogens is 1. The number of ketones is 1. The summed E-state index contributed by atoms with van der Waals surface area (Å²) in [4.78, 5) is 23.3. The van der Waals surface area contributed by atoms with Crippen LogP contribution < -0.4 is 0 Å². The second-order valence-electron chi connectivity index (χ2n) is 3.72. The molecule has 0 radical (unpaired) electrons. The van der Waals surface area contributed by atoms with Gasteiger partial charge >= 0.3 is 11.8 Å². The summed E-state index contributed by atoms with van der Waals surface area (Å²) < 4.78 is 10.9. The third kappa shape index (κ3) is 2.06. The molecule has 2 aromatic rings. The normalized spacial score (nSPS) is 10.6. The first-order chi connectivity index (χ1) is 8.56. The van der Waals surface area contributed by atoms with E-state index in [0.717, 1.165) is 9.86 Å². The Morgan fingerprint density at radius 2 is 2.11 bits per heavy atom. The van der Waals surface area contributed by atoms with Gasteiger partial charge in [-0.2, -0.15) is 0 Å². The minimum absolute atomic E-state index is 0.0374. The van der Waals surface area contributed by atoms with Crippen molar-refractivity contribution in [2.24, 2.45) is 0 Å². The van der Waals surface area contributed by atoms with Gasteiger partial charge in [0.1, 0.15) is 5.58 Å². The molecular weight excluding hydrogens is 300 g/mol. The van der Waals surface area contributed by atoms with Crippen LogP contribution in [0.5, 0.6) is 0 Å². The number of Topliss-reactive ketones (excluding diaryl/α,β-unsaturated/α-hetero) is 1. The molecule has 1 aromatic carbocycles. The van der Waals surface area contributed by atoms with Crippen molar-refractivity contribution >= 4 is 38.7 Å². The lowest BCUT2D eigenvalue weighted by Gasteiger charge is -1.98. The van der Waals surface area contributed by atoms with E-state index < -0.39 is 11.8 Å². The lowest BCUT2D eigenvalue weighted by molar-refractivity contribution is -0.137. The lowest BCUT2D eigenvalue weighted by Crippen LogP contribution is -2.17. The van der Waals surface area contributed by atoms with Crippen LogP contribution in [0, 0.1) is 6.92 Å². The van der Waals surface area contributed by atoms with Gasteiger partial charge < -0.3 is 9.15 Å². The molecule has 0 atom stereocenters. The molecule has 0 spiro atoms. The molecule has 0 bridgehead atoms. The summed E-state index contributed by atoms with van der Waals surface area (Å²) in [7, 11) is 0. The van der Waals surface area contributed by atoms with Gasteiger partial charge in [-0.25, -0.2) is 4.79 Å². The van der Waals surface area contributed by atoms with Gasteiger partial charge in [0.25, 0.3) is 0 Å². The molecule has 0 saturated heterocycles. The first-order valence-corrected chi connectivity index (χ1v) is 6.24. The van der Waals surface area contributed by atoms with Crippen LogP contribution in [0.15, 0.2) is 27.1 Å². The molecule has 2 rings (SSSR count). The number of aryl methyl sites for hydroxylation is 1. The molecule has 0 aliphatic carbocycles. The van der Waals surface area contributed by atoms with Gasteiger partial charge in [-0.05, 0) is 26.0 Å². The van der Waals surface area contributed by atoms with Gasteiger partial charge in [-0.15, -0.1) is 0 Å². The van der Waals surface area contributed by atoms with Crippen molar-refractivity contribution in [1.82, 2.24) is 0 Å². The maximum atomic E-state index is 11.9. The lowest BCUT2D eigenvalue weighted by atomic mass is 10.1. The molecular formula is C13H11BrO4. The standard InChI is InChI=1S/C13H11BrO4/c1-3-17-13(16)11(15)12-7(2)10-8(14)5-4-6-9(10)18-12/h4-6H,3H2,1-2H3. The Morgan fingerprint density at radius 3 is 2.72 bits per heavy atom. The molecule has 0 aliphatic rings. The molecule has 0 unspecified atom stereocenters. The predicted octanol–water partition coefficient (Wildman–Crippen LogP) is 3.25. The summed E-state index contributed by atoms with van der Waals surface area (Å²) in [5.74, 6) is -1.61. The van der Waals surface area contributed by atoms with Crippen molar-refractivity contribution in [2.45, 2.75) is 13.8 Å². The van der Waals surface area contributed by atoms with Gasteiger partial charge in [0.15, 0.2) is 5.76 Å². The fourth-order valence-electron chi connectivity index (χ4n) is 1.76. The molecule has 0 amide bonds. The smallest absolute Gasteiger partial charge is 0.383 e. The van der Waals surface area contributed by atoms with E-state index in [1.54, 1.807) is 26.0 Å². The largest absolute Gasteiger partial charge is 0.460 e. The Hall–Kier alpha value is -1.62. The second-order valence-corrected chi connectivity index (χ2v) is 4.57. The summed E-state index contributed by atoms with van der Waals surface area (Å²) in [6, 6.07) is 5.40. The fourth-order valence-corrected chi connectivity index (χ4v) is 2.40. The van der Waals surface area contributed by atoms with Crippen molar-refractivity contribution in [3.8, 4) is 0 Å². The first kappa shape index (κ1) is 12.8. The summed E-state index contributed by atoms with van der Waals surface area (Å²) in [6.45, 7) is 3.55. The van der Waals surface area contributed by atoms with Crippen molar-refractivity contribution in [2.75, 3.05) is 6.61 Å². The number of carbonyl (C=O) groups is 2. The number of rotatable bonds is 3. The number of esters is 1. The Bertz CT molecular complexity index is 627. The van der Waals surface area contributed by atoms with Crippen molar-refractivity contribution in [1.29, 1.82) is 0 Å². The molecule has 1 aromatic heterocycles. The molecule has 1 heterocycles. The van der Waals surface area contributed by atoms with Crippen LogP contribution in [0.1, 0.15) is 23.0 Å². The zero-order valence-corrected chi connectivity index (χ0v) is 11.5. The van der Waals surface area contributed by atoms with E-state index in [0.29, 0.717) is 11.1 Å². The summed E-state index contributed by atoms with van der Waals surface area (Å²) in [5, 5.41) is 0.796. The number of benzene rings is 1. The van der Waals surface area contributed by atoms with Crippen LogP contribution in [-0.2, 0) is 9.53 Å². The third-order valence-electron chi connectivity index (χ3n) is 2.57. The summed E-state index contributed by atoms with van der Waals surface area (Å²) in [6.07, 6.45) is 0. The van der Waals surface area contributed by atoms with Gasteiger partial charge in [-0.1, -0.05) is 22.0 Å². The summed E-state index contributed by atoms with van der Waals surface area (Å²) >= 11 is 3.39. The highest BCUT2D eigenvalue weighted by molar-refractivity contribution is 9.10. The van der Waals surface area contributed by atoms with Gasteiger partial charge in [0.2, 0.25) is 0 Å². The number of carbonyl (C=O) groups excluding carboxylic acids is 2. The Labute approximate surface area is 112 Å². The number of hydrogen-bond donors (Lipinski definition) is 0. The van der Waals surface area contributed by atoms with Gasteiger partial charge in [-0.3, -0.25) is 4.79 Å². The topological polar surface area (TPSA) is 56.5 Å². The monoisotopic (exact) mass is 310 g/mol. The molecule has 5 heteroatoms. The van der Waals surface area contributed by atoms with E-state index in [-0.39, 0.29) is 12.4 Å². The number of ether oxygens (including phenoxy) is 1. The van der Waals surface area contributed by atoms with Crippen LogP contribution in [-0.4, -0.2) is 18.4 Å². The molecule has 4 nitrogen and oxygen atoms in total. The van der Waals surface area contributed by atoms with E-state index >= 15 is 0 Å². The van der Waals surface area contributed by atoms with Crippen LogP contribution in [0.25, 0.3) is 11.0 Å². The second kappa shape index (κ2) is 4.94. The molecule has 0 saturated carbocycles. The van der Waals surface area contributed by atoms with Crippen LogP contribution in [0.3, 0.4) is 0 Å². The SMILES string of the molecule is CCOC(=O)C(=O)c1oc2cccc(Br)c2c1C. The predicted molar refractivity (Wildman–Crippen MR) is 69.6 cm³/mol. The zero-order chi connectivity index (χ0) is 13.3. The fraction of sp³-hybridized carbons (Fsp3) is 0.231. The highest BCUT2D eigenvalue weighted by atomic mass is 79.9. The van der Waals surface area contributed by atoms with E-state index in [9.17, 15) is 9.59 Å². The molecule has 18 heavy (non-hydrogen) atoms. The van der Waals surface area contributed by atoms with Crippen molar-refractivity contribution in [3.63, 3.8) is 0 Å². The Balaban J connectivity index is 2.53. The van der Waals surface area contributed by atoms with E-state index in [4.69, 9.17) is 4.42 Å². The average Bonchev–Trinajstić information content (AvgIpc) is 2.67.